The minimum atomic E-state index is -0.750. The van der Waals surface area contributed by atoms with Crippen LogP contribution in [0.15, 0.2) is 158 Å². The number of carbonyl (C=O) groups excluding carboxylic acids is 2. The Labute approximate surface area is 532 Å². The van der Waals surface area contributed by atoms with Crippen molar-refractivity contribution in [3.05, 3.63) is 180 Å². The first-order chi connectivity index (χ1) is 37.7. The zero-order valence-corrected chi connectivity index (χ0v) is 54.0. The molecule has 0 aliphatic carbocycles. The first-order valence-electron chi connectivity index (χ1n) is 25.0. The monoisotopic (exact) mass is 1320 g/mol. The van der Waals surface area contributed by atoms with E-state index in [1.54, 1.807) is 0 Å². The molecule has 10 nitrogen and oxygen atoms in total. The molecule has 0 aromatic heterocycles. The van der Waals surface area contributed by atoms with E-state index in [0.29, 0.717) is 52.9 Å². The Morgan fingerprint density at radius 2 is 0.475 bits per heavy atom. The van der Waals surface area contributed by atoms with E-state index in [0.717, 1.165) is 56.4 Å². The first-order valence-corrected chi connectivity index (χ1v) is 30.3. The number of carbonyl (C=O) groups is 2. The van der Waals surface area contributed by atoms with E-state index in [1.807, 2.05) is 31.7 Å². The highest BCUT2D eigenvalue weighted by atomic mass is 35.6. The van der Waals surface area contributed by atoms with E-state index >= 15 is 0 Å². The maximum absolute atomic E-state index is 14.4. The number of amides is 4. The molecule has 2 saturated heterocycles. The SMILES string of the molecule is CC(C)(C)N1CN2Cc3ccc(cc3)N(c3ccccc3)c3ccc(cc3)CN3CN(C(C)(C)C)CN(Cc4ccc(cc4)N(c4ccccc4)c4ccc(cc4)CN(C1)C2=O)C3=O.ClC(Cl)Cl.ClC(Cl)Cl.ClC(Cl)Cl.ClC(Cl)Cl. The van der Waals surface area contributed by atoms with Crippen LogP contribution in [-0.2, 0) is 26.2 Å². The number of para-hydroxylation sites is 2. The third kappa shape index (κ3) is 21.8. The van der Waals surface area contributed by atoms with Crippen LogP contribution in [0.25, 0.3) is 0 Å². The van der Waals surface area contributed by atoms with Crippen molar-refractivity contribution in [2.24, 2.45) is 0 Å². The van der Waals surface area contributed by atoms with Crippen LogP contribution in [0.1, 0.15) is 63.8 Å². The minimum absolute atomic E-state index is 0.0309. The molecule has 0 atom stereocenters. The fourth-order valence-electron chi connectivity index (χ4n) is 8.81. The van der Waals surface area contributed by atoms with Gasteiger partial charge in [-0.15, -0.1) is 0 Å². The third-order valence-electron chi connectivity index (χ3n) is 12.6. The molecule has 0 spiro atoms. The Balaban J connectivity index is 0.000000652. The third-order valence-corrected chi connectivity index (χ3v) is 12.6. The lowest BCUT2D eigenvalue weighted by Crippen LogP contribution is -2.61. The molecule has 22 heteroatoms. The van der Waals surface area contributed by atoms with Crippen molar-refractivity contribution in [3.8, 4) is 0 Å². The molecular weight excluding hydrogens is 1270 g/mol. The summed E-state index contributed by atoms with van der Waals surface area (Å²) >= 11 is 57.7. The summed E-state index contributed by atoms with van der Waals surface area (Å²) in [5, 5.41) is 0. The van der Waals surface area contributed by atoms with Crippen LogP contribution < -0.4 is 9.80 Å². The summed E-state index contributed by atoms with van der Waals surface area (Å²) < 4.78 is -3.00. The lowest BCUT2D eigenvalue weighted by Gasteiger charge is -2.47. The van der Waals surface area contributed by atoms with Crippen molar-refractivity contribution in [1.82, 2.24) is 29.4 Å². The Morgan fingerprint density at radius 1 is 0.300 bits per heavy atom. The first kappa shape index (κ1) is 67.6. The molecule has 432 valence electrons. The number of rotatable bonds is 2. The molecule has 0 unspecified atom stereocenters. The van der Waals surface area contributed by atoms with E-state index in [-0.39, 0.29) is 23.1 Å². The van der Waals surface area contributed by atoms with Crippen LogP contribution in [0.5, 0.6) is 0 Å². The highest BCUT2D eigenvalue weighted by Crippen LogP contribution is 2.37. The van der Waals surface area contributed by atoms with Gasteiger partial charge in [0.1, 0.15) is 0 Å². The van der Waals surface area contributed by atoms with Crippen molar-refractivity contribution < 1.29 is 9.59 Å². The zero-order chi connectivity index (χ0) is 58.9. The van der Waals surface area contributed by atoms with Gasteiger partial charge in [-0.2, -0.15) is 0 Å². The average molecular weight is 1330 g/mol. The van der Waals surface area contributed by atoms with Crippen LogP contribution in [0.4, 0.5) is 43.7 Å². The quantitative estimate of drug-likeness (QED) is 0.161. The smallest absolute Gasteiger partial charge is 0.311 e. The van der Waals surface area contributed by atoms with Gasteiger partial charge in [0.25, 0.3) is 0 Å². The van der Waals surface area contributed by atoms with Crippen LogP contribution in [-0.4, -0.2) is 96.4 Å². The zero-order valence-electron chi connectivity index (χ0n) is 44.9. The second-order valence-corrected chi connectivity index (χ2v) is 28.3. The van der Waals surface area contributed by atoms with Crippen LogP contribution in [0, 0.1) is 0 Å². The van der Waals surface area contributed by atoms with Crippen LogP contribution in [0.3, 0.4) is 0 Å². The summed E-state index contributed by atoms with van der Waals surface area (Å²) in [5.74, 6) is 0. The molecular formula is C58H64Cl12N8O2. The van der Waals surface area contributed by atoms with Gasteiger partial charge in [-0.1, -0.05) is 224 Å². The highest BCUT2D eigenvalue weighted by molar-refractivity contribution is 6.64. The molecule has 9 aliphatic heterocycles. The number of alkyl halides is 12. The van der Waals surface area contributed by atoms with Crippen molar-refractivity contribution in [1.29, 1.82) is 0 Å². The minimum Gasteiger partial charge on any atom is -0.311 e. The maximum atomic E-state index is 14.4. The lowest BCUT2D eigenvalue weighted by atomic mass is 10.1. The van der Waals surface area contributed by atoms with Gasteiger partial charge in [0.2, 0.25) is 0 Å². The molecule has 0 saturated carbocycles. The van der Waals surface area contributed by atoms with E-state index in [9.17, 15) is 9.59 Å². The van der Waals surface area contributed by atoms with Gasteiger partial charge in [-0.05, 0) is 137 Å². The van der Waals surface area contributed by atoms with E-state index < -0.39 is 17.2 Å². The Morgan fingerprint density at radius 3 is 0.650 bits per heavy atom. The average Bonchev–Trinajstić information content (AvgIpc) is 3.39. The van der Waals surface area contributed by atoms with Crippen molar-refractivity contribution in [3.63, 3.8) is 0 Å². The van der Waals surface area contributed by atoms with Crippen LogP contribution in [0.2, 0.25) is 0 Å². The topological polar surface area (TPSA) is 60.1 Å². The number of nitrogens with zero attached hydrogens (tertiary/aromatic N) is 8. The molecule has 2 fully saturated rings. The molecule has 12 bridgehead atoms. The summed E-state index contributed by atoms with van der Waals surface area (Å²) in [5.41, 5.74) is 10.1. The lowest BCUT2D eigenvalue weighted by molar-refractivity contribution is -0.0206. The molecule has 0 radical (unpaired) electrons. The summed E-state index contributed by atoms with van der Waals surface area (Å²) in [6.07, 6.45) is 0. The van der Waals surface area contributed by atoms with Crippen molar-refractivity contribution in [2.45, 2.75) is 96.0 Å². The summed E-state index contributed by atoms with van der Waals surface area (Å²) in [6.45, 7) is 17.4. The molecule has 9 aliphatic rings. The molecule has 80 heavy (non-hydrogen) atoms. The molecule has 0 N–H and O–H groups in total. The number of benzene rings is 6. The van der Waals surface area contributed by atoms with E-state index in [1.165, 1.54) is 0 Å². The Kier molecular flexibility index (Phi) is 27.2. The van der Waals surface area contributed by atoms with E-state index in [2.05, 4.69) is 207 Å². The van der Waals surface area contributed by atoms with Gasteiger partial charge in [-0.25, -0.2) is 9.59 Å². The number of hydrogen-bond acceptors (Lipinski definition) is 6. The number of halogens is 12. The van der Waals surface area contributed by atoms with Gasteiger partial charge in [0.05, 0.1) is 26.7 Å². The molecule has 6 aromatic carbocycles. The molecule has 15 rings (SSSR count). The number of urea groups is 2. The highest BCUT2D eigenvalue weighted by Gasteiger charge is 2.37. The summed E-state index contributed by atoms with van der Waals surface area (Å²) in [4.78, 5) is 45.8. The summed E-state index contributed by atoms with van der Waals surface area (Å²) in [6, 6.07) is 55.1. The Hall–Kier alpha value is -3.14. The number of anilines is 6. The molecule has 9 heterocycles. The standard InChI is InChI=1S/C54H60N8O2.4CHCl3/c1-53(2,3)59-37-55-33-41-17-25-47(26-18-41)61(45-13-9-7-10-14-45)49-29-21-43(22-30-49)35-57-39-60(54(4,5)6)40-58(52(57)64)36-44-23-31-50(32-24-44)62(46-15-11-8-12-16-46)48-27-19-42(20-28-48)34-56(38-59)51(55)63;4*2-1(3)4/h7-32H,33-40H2,1-6H3;4*1H. The largest absolute Gasteiger partial charge is 0.322 e. The van der Waals surface area contributed by atoms with Gasteiger partial charge >= 0.3 is 12.1 Å². The van der Waals surface area contributed by atoms with Gasteiger partial charge in [0, 0.05) is 71.4 Å². The molecule has 4 amide bonds. The normalized spacial score (nSPS) is 15.5. The van der Waals surface area contributed by atoms with Crippen molar-refractivity contribution in [2.75, 3.05) is 36.5 Å². The molecule has 6 aromatic rings. The second-order valence-electron chi connectivity index (χ2n) is 20.3. The fourth-order valence-corrected chi connectivity index (χ4v) is 8.81. The second kappa shape index (κ2) is 32.2. The fraction of sp³-hybridized carbons (Fsp3) is 0.345. The van der Waals surface area contributed by atoms with Gasteiger partial charge < -0.3 is 29.4 Å². The Bertz CT molecular complexity index is 2450. The maximum Gasteiger partial charge on any atom is 0.322 e. The van der Waals surface area contributed by atoms with E-state index in [4.69, 9.17) is 139 Å². The van der Waals surface area contributed by atoms with Gasteiger partial charge in [-0.3, -0.25) is 9.80 Å². The number of hydrogen-bond donors (Lipinski definition) is 0. The predicted octanol–water partition coefficient (Wildman–Crippen LogP) is 19.8. The van der Waals surface area contributed by atoms with Crippen LogP contribution >= 0.6 is 139 Å². The van der Waals surface area contributed by atoms with Gasteiger partial charge in [0.15, 0.2) is 17.2 Å². The predicted molar refractivity (Wildman–Crippen MR) is 343 cm³/mol. The van der Waals surface area contributed by atoms with Crippen molar-refractivity contribution >= 4 is 185 Å². The summed E-state index contributed by atoms with van der Waals surface area (Å²) in [7, 11) is 0.